The molecule has 0 saturated heterocycles. The van der Waals surface area contributed by atoms with E-state index in [1.807, 2.05) is 18.7 Å². The summed E-state index contributed by atoms with van der Waals surface area (Å²) in [7, 11) is 0. The van der Waals surface area contributed by atoms with Crippen LogP contribution in [0.25, 0.3) is 10.9 Å². The maximum atomic E-state index is 13.4. The van der Waals surface area contributed by atoms with Gasteiger partial charge in [0.25, 0.3) is 0 Å². The van der Waals surface area contributed by atoms with Gasteiger partial charge in [-0.15, -0.1) is 0 Å². The van der Waals surface area contributed by atoms with E-state index in [2.05, 4.69) is 4.98 Å². The second-order valence-electron chi connectivity index (χ2n) is 6.71. The molecule has 0 unspecified atom stereocenters. The fourth-order valence-electron chi connectivity index (χ4n) is 3.57. The molecule has 7 heteroatoms. The van der Waals surface area contributed by atoms with E-state index in [4.69, 9.17) is 0 Å². The third kappa shape index (κ3) is 2.65. The normalized spacial score (nSPS) is 16.7. The highest BCUT2D eigenvalue weighted by Gasteiger charge is 2.40. The van der Waals surface area contributed by atoms with Crippen LogP contribution in [0.1, 0.15) is 31.4 Å². The molecule has 0 spiro atoms. The lowest BCUT2D eigenvalue weighted by Gasteiger charge is -2.34. The van der Waals surface area contributed by atoms with Crippen LogP contribution in [0.15, 0.2) is 23.0 Å². The Hall–Kier alpha value is -2.05. The highest BCUT2D eigenvalue weighted by molar-refractivity contribution is 5.92. The van der Waals surface area contributed by atoms with Crippen molar-refractivity contribution in [3.63, 3.8) is 0 Å². The average molecular weight is 342 g/mol. The lowest BCUT2D eigenvalue weighted by Crippen LogP contribution is -2.41. The minimum Gasteiger partial charge on any atom is -0.366 e. The van der Waals surface area contributed by atoms with Gasteiger partial charge in [-0.25, -0.2) is 0 Å². The van der Waals surface area contributed by atoms with Gasteiger partial charge in [0.05, 0.1) is 12.2 Å². The molecule has 2 aromatic rings. The first-order chi connectivity index (χ1) is 11.1. The summed E-state index contributed by atoms with van der Waals surface area (Å²) in [5, 5.41) is 0.0374. The molecule has 1 aliphatic rings. The molecular weight excluding hydrogens is 324 g/mol. The standard InChI is InChI=1S/C17H18F4N2O/c1-16(2)9-10-13(23(16)7-3-6-18)5-4-12-15(10)11(17(19,20)21)8-14(24)22-12/h4-5,8H,3,6-7,9H2,1-2H3,(H,22,24). The molecule has 1 aliphatic heterocycles. The van der Waals surface area contributed by atoms with E-state index in [0.717, 1.165) is 0 Å². The van der Waals surface area contributed by atoms with Crippen molar-refractivity contribution in [1.82, 2.24) is 4.98 Å². The van der Waals surface area contributed by atoms with Crippen LogP contribution in [0.4, 0.5) is 23.2 Å². The number of alkyl halides is 4. The third-order valence-corrected chi connectivity index (χ3v) is 4.54. The number of fused-ring (bicyclic) bond motifs is 3. The van der Waals surface area contributed by atoms with Crippen LogP contribution < -0.4 is 10.5 Å². The van der Waals surface area contributed by atoms with Gasteiger partial charge in [-0.2, -0.15) is 13.2 Å². The molecule has 0 atom stereocenters. The molecule has 3 rings (SSSR count). The van der Waals surface area contributed by atoms with Gasteiger partial charge < -0.3 is 9.88 Å². The van der Waals surface area contributed by atoms with E-state index in [1.165, 1.54) is 6.07 Å². The second kappa shape index (κ2) is 5.50. The number of benzene rings is 1. The number of nitrogens with one attached hydrogen (secondary N) is 1. The van der Waals surface area contributed by atoms with Crippen molar-refractivity contribution in [2.24, 2.45) is 0 Å². The fourth-order valence-corrected chi connectivity index (χ4v) is 3.57. The molecule has 130 valence electrons. The fraction of sp³-hybridized carbons (Fsp3) is 0.471. The van der Waals surface area contributed by atoms with Gasteiger partial charge in [0, 0.05) is 34.7 Å². The van der Waals surface area contributed by atoms with Crippen LogP contribution in [0.5, 0.6) is 0 Å². The zero-order valence-electron chi connectivity index (χ0n) is 13.4. The highest BCUT2D eigenvalue weighted by atomic mass is 19.4. The predicted octanol–water partition coefficient (Wildman–Crippen LogP) is 4.05. The number of rotatable bonds is 3. The molecule has 24 heavy (non-hydrogen) atoms. The summed E-state index contributed by atoms with van der Waals surface area (Å²) in [5.74, 6) is 0. The summed E-state index contributed by atoms with van der Waals surface area (Å²) in [6.07, 6.45) is -3.89. The molecule has 0 amide bonds. The summed E-state index contributed by atoms with van der Waals surface area (Å²) in [5.41, 5.74) is -0.692. The number of aromatic nitrogens is 1. The van der Waals surface area contributed by atoms with Gasteiger partial charge in [-0.3, -0.25) is 9.18 Å². The van der Waals surface area contributed by atoms with Crippen molar-refractivity contribution < 1.29 is 17.6 Å². The maximum absolute atomic E-state index is 13.4. The van der Waals surface area contributed by atoms with Gasteiger partial charge in [-0.05, 0) is 44.4 Å². The minimum atomic E-state index is -4.61. The monoisotopic (exact) mass is 342 g/mol. The first kappa shape index (κ1) is 16.8. The van der Waals surface area contributed by atoms with Crippen molar-refractivity contribution in [1.29, 1.82) is 0 Å². The Balaban J connectivity index is 2.29. The van der Waals surface area contributed by atoms with Gasteiger partial charge in [-0.1, -0.05) is 0 Å². The average Bonchev–Trinajstić information content (AvgIpc) is 2.72. The smallest absolute Gasteiger partial charge is 0.366 e. The largest absolute Gasteiger partial charge is 0.417 e. The van der Waals surface area contributed by atoms with Crippen LogP contribution in [0.3, 0.4) is 0 Å². The van der Waals surface area contributed by atoms with Crippen LogP contribution in [0, 0.1) is 0 Å². The summed E-state index contributed by atoms with van der Waals surface area (Å²) in [6.45, 7) is 3.81. The Bertz CT molecular complexity index is 839. The first-order valence-corrected chi connectivity index (χ1v) is 7.75. The Kier molecular flexibility index (Phi) is 3.85. The molecule has 0 aliphatic carbocycles. The van der Waals surface area contributed by atoms with Gasteiger partial charge in [0.15, 0.2) is 0 Å². The van der Waals surface area contributed by atoms with E-state index in [1.54, 1.807) is 6.07 Å². The predicted molar refractivity (Wildman–Crippen MR) is 85.3 cm³/mol. The van der Waals surface area contributed by atoms with Crippen LogP contribution in [-0.2, 0) is 12.6 Å². The number of H-pyrrole nitrogens is 1. The van der Waals surface area contributed by atoms with Crippen molar-refractivity contribution in [3.8, 4) is 0 Å². The Morgan fingerprint density at radius 2 is 2.00 bits per heavy atom. The number of hydrogen-bond acceptors (Lipinski definition) is 2. The van der Waals surface area contributed by atoms with Crippen LogP contribution in [0.2, 0.25) is 0 Å². The van der Waals surface area contributed by atoms with E-state index >= 15 is 0 Å². The molecule has 0 saturated carbocycles. The Labute approximate surface area is 136 Å². The lowest BCUT2D eigenvalue weighted by molar-refractivity contribution is -0.136. The minimum absolute atomic E-state index is 0.0374. The van der Waals surface area contributed by atoms with Crippen molar-refractivity contribution in [2.45, 2.75) is 38.4 Å². The van der Waals surface area contributed by atoms with Crippen LogP contribution >= 0.6 is 0 Å². The molecule has 3 nitrogen and oxygen atoms in total. The van der Waals surface area contributed by atoms with Gasteiger partial charge >= 0.3 is 6.18 Å². The zero-order valence-corrected chi connectivity index (χ0v) is 13.4. The molecule has 0 fully saturated rings. The highest BCUT2D eigenvalue weighted by Crippen LogP contribution is 2.45. The summed E-state index contributed by atoms with van der Waals surface area (Å²) in [4.78, 5) is 16.0. The molecule has 1 aromatic carbocycles. The summed E-state index contributed by atoms with van der Waals surface area (Å²) >= 11 is 0. The number of anilines is 1. The number of hydrogen-bond donors (Lipinski definition) is 1. The number of halogens is 4. The second-order valence-corrected chi connectivity index (χ2v) is 6.71. The molecule has 2 heterocycles. The quantitative estimate of drug-likeness (QED) is 0.855. The molecule has 0 bridgehead atoms. The SMILES string of the molecule is CC1(C)Cc2c(ccc3[nH]c(=O)cc(C(F)(F)F)c23)N1CCCF. The Morgan fingerprint density at radius 3 is 2.62 bits per heavy atom. The first-order valence-electron chi connectivity index (χ1n) is 7.75. The number of aromatic amines is 1. The van der Waals surface area contributed by atoms with E-state index in [-0.39, 0.29) is 10.9 Å². The topological polar surface area (TPSA) is 36.1 Å². The van der Waals surface area contributed by atoms with Crippen molar-refractivity contribution in [3.05, 3.63) is 39.7 Å². The van der Waals surface area contributed by atoms with Gasteiger partial charge in [0.2, 0.25) is 5.56 Å². The molecule has 0 radical (unpaired) electrons. The van der Waals surface area contributed by atoms with E-state index in [9.17, 15) is 22.4 Å². The lowest BCUT2D eigenvalue weighted by atomic mass is 9.95. The molecule has 1 aromatic heterocycles. The summed E-state index contributed by atoms with van der Waals surface area (Å²) in [6, 6.07) is 3.81. The summed E-state index contributed by atoms with van der Waals surface area (Å²) < 4.78 is 52.9. The van der Waals surface area contributed by atoms with Crippen molar-refractivity contribution in [2.75, 3.05) is 18.1 Å². The van der Waals surface area contributed by atoms with Crippen molar-refractivity contribution >= 4 is 16.6 Å². The van der Waals surface area contributed by atoms with Gasteiger partial charge in [0.1, 0.15) is 0 Å². The molecule has 1 N–H and O–H groups in total. The zero-order chi connectivity index (χ0) is 17.7. The maximum Gasteiger partial charge on any atom is 0.417 e. The van der Waals surface area contributed by atoms with Crippen LogP contribution in [-0.4, -0.2) is 23.7 Å². The third-order valence-electron chi connectivity index (χ3n) is 4.54. The Morgan fingerprint density at radius 1 is 1.29 bits per heavy atom. The number of pyridine rings is 1. The molecular formula is C17H18F4N2O. The van der Waals surface area contributed by atoms with E-state index in [0.29, 0.717) is 36.7 Å². The van der Waals surface area contributed by atoms with E-state index < -0.39 is 29.5 Å². The number of nitrogens with zero attached hydrogens (tertiary/aromatic N) is 1.